The predicted octanol–water partition coefficient (Wildman–Crippen LogP) is 0.185. The highest BCUT2D eigenvalue weighted by molar-refractivity contribution is 5.93. The number of carboxylic acids is 1. The molecule has 6 heteroatoms. The lowest BCUT2D eigenvalue weighted by molar-refractivity contribution is -0.144. The average Bonchev–Trinajstić information content (AvgIpc) is 1.84. The van der Waals surface area contributed by atoms with Crippen LogP contribution in [0.2, 0.25) is 0 Å². The summed E-state index contributed by atoms with van der Waals surface area (Å²) in [4.78, 5) is 21.4. The molecule has 0 bridgehead atoms. The van der Waals surface area contributed by atoms with Gasteiger partial charge in [-0.2, -0.15) is 0 Å². The summed E-state index contributed by atoms with van der Waals surface area (Å²) in [6, 6.07) is 0. The Hall–Kier alpha value is -1.20. The summed E-state index contributed by atoms with van der Waals surface area (Å²) in [6.07, 6.45) is -3.38. The van der Waals surface area contributed by atoms with Crippen molar-refractivity contribution in [3.8, 4) is 0 Å². The van der Waals surface area contributed by atoms with Gasteiger partial charge in [0, 0.05) is 7.05 Å². The van der Waals surface area contributed by atoms with Crippen molar-refractivity contribution in [3.05, 3.63) is 0 Å². The van der Waals surface area contributed by atoms with Gasteiger partial charge in [0.1, 0.15) is 6.42 Å². The molecule has 0 rings (SSSR count). The van der Waals surface area contributed by atoms with Crippen LogP contribution in [0.4, 0.5) is 8.78 Å². The van der Waals surface area contributed by atoms with Gasteiger partial charge in [-0.15, -0.1) is 0 Å². The fourth-order valence-corrected chi connectivity index (χ4v) is 0.573. The zero-order chi connectivity index (χ0) is 9.72. The van der Waals surface area contributed by atoms with E-state index >= 15 is 0 Å². The van der Waals surface area contributed by atoms with Crippen molar-refractivity contribution in [3.63, 3.8) is 0 Å². The average molecular weight is 181 g/mol. The maximum Gasteiger partial charge on any atom is 0.312 e. The van der Waals surface area contributed by atoms with Crippen molar-refractivity contribution < 1.29 is 23.5 Å². The fourth-order valence-electron chi connectivity index (χ4n) is 0.573. The van der Waals surface area contributed by atoms with E-state index in [4.69, 9.17) is 5.11 Å². The molecule has 70 valence electrons. The van der Waals surface area contributed by atoms with E-state index in [9.17, 15) is 18.4 Å². The molecule has 0 radical (unpaired) electrons. The van der Waals surface area contributed by atoms with E-state index in [1.165, 1.54) is 0 Å². The highest BCUT2D eigenvalue weighted by Gasteiger charge is 2.16. The number of hydrogen-bond acceptors (Lipinski definition) is 2. The number of aliphatic carboxylic acids is 1. The zero-order valence-electron chi connectivity index (χ0n) is 6.46. The summed E-state index contributed by atoms with van der Waals surface area (Å²) in [6.45, 7) is -0.730. The van der Waals surface area contributed by atoms with Crippen LogP contribution in [-0.2, 0) is 9.59 Å². The first-order valence-corrected chi connectivity index (χ1v) is 3.17. The first kappa shape index (κ1) is 10.8. The largest absolute Gasteiger partial charge is 0.481 e. The monoisotopic (exact) mass is 181 g/mol. The zero-order valence-corrected chi connectivity index (χ0v) is 6.46. The predicted molar refractivity (Wildman–Crippen MR) is 35.9 cm³/mol. The Labute approximate surface area is 67.8 Å². The summed E-state index contributed by atoms with van der Waals surface area (Å²) in [5, 5.41) is 8.13. The van der Waals surface area contributed by atoms with E-state index < -0.39 is 31.3 Å². The van der Waals surface area contributed by atoms with Gasteiger partial charge in [-0.3, -0.25) is 9.59 Å². The highest BCUT2D eigenvalue weighted by Crippen LogP contribution is 1.97. The number of carbonyl (C=O) groups excluding carboxylic acids is 1. The topological polar surface area (TPSA) is 57.6 Å². The minimum absolute atomic E-state index is 0.693. The standard InChI is InChI=1S/C6H9F2NO3/c1-9(3-4(7)8)5(10)2-6(11)12/h4H,2-3H2,1H3,(H,11,12). The number of alkyl halides is 2. The molecular formula is C6H9F2NO3. The molecule has 0 aromatic carbocycles. The van der Waals surface area contributed by atoms with Gasteiger partial charge in [-0.25, -0.2) is 8.78 Å². The molecule has 12 heavy (non-hydrogen) atoms. The molecule has 0 aromatic heterocycles. The van der Waals surface area contributed by atoms with Crippen LogP contribution < -0.4 is 0 Å². The normalized spacial score (nSPS) is 10.0. The van der Waals surface area contributed by atoms with E-state index in [-0.39, 0.29) is 0 Å². The maximum absolute atomic E-state index is 11.6. The van der Waals surface area contributed by atoms with Crippen molar-refractivity contribution in [2.24, 2.45) is 0 Å². The quantitative estimate of drug-likeness (QED) is 0.629. The molecule has 0 fully saturated rings. The Balaban J connectivity index is 3.85. The second-order valence-corrected chi connectivity index (χ2v) is 2.24. The van der Waals surface area contributed by atoms with Crippen molar-refractivity contribution in [2.75, 3.05) is 13.6 Å². The molecule has 0 aliphatic rings. The van der Waals surface area contributed by atoms with Gasteiger partial charge in [0.2, 0.25) is 5.91 Å². The third-order valence-corrected chi connectivity index (χ3v) is 1.14. The number of amides is 1. The lowest BCUT2D eigenvalue weighted by Gasteiger charge is -2.14. The maximum atomic E-state index is 11.6. The van der Waals surface area contributed by atoms with Crippen LogP contribution in [0.5, 0.6) is 0 Å². The Morgan fingerprint density at radius 2 is 2.00 bits per heavy atom. The van der Waals surface area contributed by atoms with E-state index in [0.717, 1.165) is 7.05 Å². The lowest BCUT2D eigenvalue weighted by atomic mass is 10.4. The van der Waals surface area contributed by atoms with E-state index in [1.54, 1.807) is 0 Å². The van der Waals surface area contributed by atoms with Crippen molar-refractivity contribution in [1.29, 1.82) is 0 Å². The van der Waals surface area contributed by atoms with Crippen LogP contribution in [-0.4, -0.2) is 41.9 Å². The van der Waals surface area contributed by atoms with Crippen LogP contribution in [0.25, 0.3) is 0 Å². The Morgan fingerprint density at radius 1 is 1.50 bits per heavy atom. The summed E-state index contributed by atoms with van der Waals surface area (Å²) in [7, 11) is 1.14. The van der Waals surface area contributed by atoms with Gasteiger partial charge in [-0.1, -0.05) is 0 Å². The van der Waals surface area contributed by atoms with Gasteiger partial charge in [0.15, 0.2) is 0 Å². The molecule has 0 heterocycles. The number of hydrogen-bond donors (Lipinski definition) is 1. The SMILES string of the molecule is CN(CC(F)F)C(=O)CC(=O)O. The van der Waals surface area contributed by atoms with Gasteiger partial charge >= 0.3 is 5.97 Å². The van der Waals surface area contributed by atoms with Crippen LogP contribution in [0, 0.1) is 0 Å². The van der Waals surface area contributed by atoms with E-state index in [1.807, 2.05) is 0 Å². The van der Waals surface area contributed by atoms with Crippen LogP contribution in [0.15, 0.2) is 0 Å². The van der Waals surface area contributed by atoms with Crippen LogP contribution in [0.3, 0.4) is 0 Å². The molecule has 0 saturated heterocycles. The molecule has 0 aromatic rings. The smallest absolute Gasteiger partial charge is 0.312 e. The molecule has 1 N–H and O–H groups in total. The van der Waals surface area contributed by atoms with Crippen molar-refractivity contribution in [2.45, 2.75) is 12.8 Å². The van der Waals surface area contributed by atoms with Crippen LogP contribution in [0.1, 0.15) is 6.42 Å². The van der Waals surface area contributed by atoms with Gasteiger partial charge in [0.25, 0.3) is 6.43 Å². The number of nitrogens with zero attached hydrogens (tertiary/aromatic N) is 1. The summed E-state index contributed by atoms with van der Waals surface area (Å²) >= 11 is 0. The molecule has 1 amide bonds. The molecule has 0 aliphatic heterocycles. The molecule has 0 atom stereocenters. The molecule has 0 spiro atoms. The summed E-state index contributed by atoms with van der Waals surface area (Å²) in [5.41, 5.74) is 0. The van der Waals surface area contributed by atoms with Gasteiger partial charge in [0.05, 0.1) is 6.54 Å². The first-order valence-electron chi connectivity index (χ1n) is 3.17. The Kier molecular flexibility index (Phi) is 4.17. The third kappa shape index (κ3) is 4.59. The number of carbonyl (C=O) groups is 2. The van der Waals surface area contributed by atoms with Gasteiger partial charge in [-0.05, 0) is 0 Å². The summed E-state index contributed by atoms with van der Waals surface area (Å²) < 4.78 is 23.3. The molecular weight excluding hydrogens is 172 g/mol. The molecule has 0 aliphatic carbocycles. The number of halogens is 2. The second-order valence-electron chi connectivity index (χ2n) is 2.24. The van der Waals surface area contributed by atoms with E-state index in [2.05, 4.69) is 0 Å². The first-order chi connectivity index (χ1) is 5.43. The lowest BCUT2D eigenvalue weighted by Crippen LogP contribution is -2.32. The fraction of sp³-hybridized carbons (Fsp3) is 0.667. The van der Waals surface area contributed by atoms with Crippen molar-refractivity contribution >= 4 is 11.9 Å². The minimum Gasteiger partial charge on any atom is -0.481 e. The summed E-state index contributed by atoms with van der Waals surface area (Å²) in [5.74, 6) is -2.14. The highest BCUT2D eigenvalue weighted by atomic mass is 19.3. The number of rotatable bonds is 4. The molecule has 0 unspecified atom stereocenters. The van der Waals surface area contributed by atoms with Crippen LogP contribution >= 0.6 is 0 Å². The van der Waals surface area contributed by atoms with E-state index in [0.29, 0.717) is 4.90 Å². The molecule has 0 saturated carbocycles. The Morgan fingerprint density at radius 3 is 2.33 bits per heavy atom. The van der Waals surface area contributed by atoms with Gasteiger partial charge < -0.3 is 10.0 Å². The Bertz CT molecular complexity index is 184. The third-order valence-electron chi connectivity index (χ3n) is 1.14. The van der Waals surface area contributed by atoms with Crippen molar-refractivity contribution in [1.82, 2.24) is 4.90 Å². The molecule has 4 nitrogen and oxygen atoms in total. The second kappa shape index (κ2) is 4.63. The minimum atomic E-state index is -2.63. The number of carboxylic acid groups (broad SMARTS) is 1.